The molecule has 2 aromatic carbocycles. The molecule has 2 amide bonds. The van der Waals surface area contributed by atoms with Gasteiger partial charge >= 0.3 is 0 Å². The lowest BCUT2D eigenvalue weighted by atomic mass is 10.2. The summed E-state index contributed by atoms with van der Waals surface area (Å²) < 4.78 is 1.33. The molecule has 3 aromatic rings. The van der Waals surface area contributed by atoms with E-state index in [-0.39, 0.29) is 11.8 Å². The van der Waals surface area contributed by atoms with Crippen LogP contribution in [0.5, 0.6) is 0 Å². The van der Waals surface area contributed by atoms with Crippen molar-refractivity contribution in [2.24, 2.45) is 0 Å². The summed E-state index contributed by atoms with van der Waals surface area (Å²) in [5.41, 5.74) is 1.07. The normalized spacial score (nSPS) is 16.9. The van der Waals surface area contributed by atoms with E-state index in [0.29, 0.717) is 45.1 Å². The van der Waals surface area contributed by atoms with Crippen LogP contribution in [-0.4, -0.2) is 43.4 Å². The third-order valence-electron chi connectivity index (χ3n) is 5.00. The van der Waals surface area contributed by atoms with Crippen LogP contribution in [0.15, 0.2) is 53.7 Å². The highest BCUT2D eigenvalue weighted by atomic mass is 35.5. The monoisotopic (exact) mass is 475 g/mol. The number of likely N-dealkylation sites (tertiary alicyclic amines) is 1. The van der Waals surface area contributed by atoms with E-state index in [0.717, 1.165) is 12.8 Å². The van der Waals surface area contributed by atoms with E-state index in [1.54, 1.807) is 36.4 Å². The molecule has 1 unspecified atom stereocenters. The summed E-state index contributed by atoms with van der Waals surface area (Å²) in [7, 11) is 0. The van der Waals surface area contributed by atoms with Gasteiger partial charge in [0.25, 0.3) is 5.91 Å². The number of halogens is 2. The van der Waals surface area contributed by atoms with E-state index in [2.05, 4.69) is 10.2 Å². The van der Waals surface area contributed by atoms with Crippen LogP contribution in [0.4, 0.5) is 0 Å². The summed E-state index contributed by atoms with van der Waals surface area (Å²) in [5.74, 6) is 6.03. The van der Waals surface area contributed by atoms with Crippen LogP contribution >= 0.6 is 35.0 Å². The largest absolute Gasteiger partial charge is 0.335 e. The van der Waals surface area contributed by atoms with Gasteiger partial charge in [0.15, 0.2) is 5.82 Å². The molecule has 160 valence electrons. The van der Waals surface area contributed by atoms with Gasteiger partial charge in [-0.2, -0.15) is 0 Å². The number of nitrogens with two attached hydrogens (primary N) is 1. The van der Waals surface area contributed by atoms with Gasteiger partial charge in [0, 0.05) is 22.7 Å². The zero-order valence-electron chi connectivity index (χ0n) is 16.4. The Morgan fingerprint density at radius 1 is 1.06 bits per heavy atom. The first-order valence-electron chi connectivity index (χ1n) is 9.69. The first kappa shape index (κ1) is 21.7. The minimum absolute atomic E-state index is 0.259. The maximum atomic E-state index is 13.2. The quantitative estimate of drug-likeness (QED) is 0.446. The molecular weight excluding hydrogens is 457 g/mol. The van der Waals surface area contributed by atoms with Gasteiger partial charge in [0.1, 0.15) is 0 Å². The molecular formula is C21H19Cl2N5O2S. The molecule has 1 saturated heterocycles. The third kappa shape index (κ3) is 4.56. The van der Waals surface area contributed by atoms with Crippen molar-refractivity contribution in [1.29, 1.82) is 0 Å². The molecule has 10 heteroatoms. The lowest BCUT2D eigenvalue weighted by molar-refractivity contribution is -0.127. The van der Waals surface area contributed by atoms with Crippen molar-refractivity contribution in [2.75, 3.05) is 12.4 Å². The Hall–Kier alpha value is -2.55. The van der Waals surface area contributed by atoms with E-state index in [1.807, 2.05) is 12.1 Å². The summed E-state index contributed by atoms with van der Waals surface area (Å²) in [5, 5.41) is 9.22. The number of aromatic nitrogens is 3. The predicted molar refractivity (Wildman–Crippen MR) is 122 cm³/mol. The van der Waals surface area contributed by atoms with Crippen LogP contribution < -0.4 is 5.84 Å². The topological polar surface area (TPSA) is 94.1 Å². The number of hydrogen-bond donors (Lipinski definition) is 1. The number of carbonyl (C=O) groups excluding carboxylic acids is 2. The summed E-state index contributed by atoms with van der Waals surface area (Å²) in [4.78, 5) is 27.5. The molecule has 0 saturated carbocycles. The molecule has 4 rings (SSSR count). The second kappa shape index (κ2) is 9.30. The standard InChI is InChI=1S/C21H19Cl2N5O2S/c22-14-10-8-13(9-11-14)19(29)27-12-4-3-7-17(20(27)30)31-21-26-25-18(28(21)24)15-5-1-2-6-16(15)23/h1-2,5-6,8-11,17H,3-4,7,12,24H2. The Bertz CT molecular complexity index is 1120. The third-order valence-corrected chi connectivity index (χ3v) is 6.80. The fourth-order valence-corrected chi connectivity index (χ4v) is 4.78. The highest BCUT2D eigenvalue weighted by molar-refractivity contribution is 8.00. The first-order chi connectivity index (χ1) is 15.0. The number of hydrogen-bond acceptors (Lipinski definition) is 6. The highest BCUT2D eigenvalue weighted by Gasteiger charge is 2.33. The van der Waals surface area contributed by atoms with Crippen molar-refractivity contribution >= 4 is 46.8 Å². The molecule has 0 aliphatic carbocycles. The van der Waals surface area contributed by atoms with Crippen LogP contribution in [0.25, 0.3) is 11.4 Å². The molecule has 1 atom stereocenters. The molecule has 2 heterocycles. The van der Waals surface area contributed by atoms with Gasteiger partial charge in [0.2, 0.25) is 11.1 Å². The minimum Gasteiger partial charge on any atom is -0.335 e. The number of nitrogen functional groups attached to an aromatic ring is 1. The van der Waals surface area contributed by atoms with Crippen LogP contribution in [-0.2, 0) is 4.79 Å². The second-order valence-corrected chi connectivity index (χ2v) is 9.07. The van der Waals surface area contributed by atoms with Gasteiger partial charge in [-0.15, -0.1) is 10.2 Å². The van der Waals surface area contributed by atoms with Crippen molar-refractivity contribution in [1.82, 2.24) is 19.8 Å². The van der Waals surface area contributed by atoms with E-state index in [4.69, 9.17) is 29.0 Å². The van der Waals surface area contributed by atoms with Gasteiger partial charge < -0.3 is 5.84 Å². The Labute approximate surface area is 193 Å². The Morgan fingerprint density at radius 2 is 1.81 bits per heavy atom. The number of amides is 2. The fraction of sp³-hybridized carbons (Fsp3) is 0.238. The predicted octanol–water partition coefficient (Wildman–Crippen LogP) is 4.28. The fourth-order valence-electron chi connectivity index (χ4n) is 3.38. The number of carbonyl (C=O) groups is 2. The van der Waals surface area contributed by atoms with Crippen LogP contribution in [0, 0.1) is 0 Å². The Morgan fingerprint density at radius 3 is 2.55 bits per heavy atom. The molecule has 1 aromatic heterocycles. The second-order valence-electron chi connectivity index (χ2n) is 7.06. The molecule has 0 bridgehead atoms. The van der Waals surface area contributed by atoms with Crippen LogP contribution in [0.3, 0.4) is 0 Å². The average molecular weight is 476 g/mol. The zero-order valence-corrected chi connectivity index (χ0v) is 18.7. The molecule has 2 N–H and O–H groups in total. The van der Waals surface area contributed by atoms with Gasteiger partial charge in [-0.05, 0) is 49.2 Å². The van der Waals surface area contributed by atoms with Crippen molar-refractivity contribution in [3.63, 3.8) is 0 Å². The van der Waals surface area contributed by atoms with E-state index in [1.165, 1.54) is 21.3 Å². The van der Waals surface area contributed by atoms with Crippen molar-refractivity contribution in [3.8, 4) is 11.4 Å². The number of thioether (sulfide) groups is 1. The van der Waals surface area contributed by atoms with Gasteiger partial charge in [-0.25, -0.2) is 4.68 Å². The summed E-state index contributed by atoms with van der Waals surface area (Å²) in [6.07, 6.45) is 2.16. The molecule has 31 heavy (non-hydrogen) atoms. The molecule has 1 fully saturated rings. The van der Waals surface area contributed by atoms with Gasteiger partial charge in [-0.3, -0.25) is 14.5 Å². The van der Waals surface area contributed by atoms with Gasteiger partial charge in [-0.1, -0.05) is 53.5 Å². The maximum Gasteiger partial charge on any atom is 0.260 e. The van der Waals surface area contributed by atoms with Crippen LogP contribution in [0.1, 0.15) is 29.6 Å². The minimum atomic E-state index is -0.496. The molecule has 0 spiro atoms. The summed E-state index contributed by atoms with van der Waals surface area (Å²) >= 11 is 13.4. The lowest BCUT2D eigenvalue weighted by Gasteiger charge is -2.22. The van der Waals surface area contributed by atoms with Gasteiger partial charge in [0.05, 0.1) is 10.3 Å². The summed E-state index contributed by atoms with van der Waals surface area (Å²) in [6.45, 7) is 0.373. The van der Waals surface area contributed by atoms with E-state index < -0.39 is 5.25 Å². The van der Waals surface area contributed by atoms with E-state index >= 15 is 0 Å². The van der Waals surface area contributed by atoms with Crippen LogP contribution in [0.2, 0.25) is 10.0 Å². The molecule has 7 nitrogen and oxygen atoms in total. The summed E-state index contributed by atoms with van der Waals surface area (Å²) in [6, 6.07) is 13.7. The van der Waals surface area contributed by atoms with Crippen molar-refractivity contribution < 1.29 is 9.59 Å². The maximum absolute atomic E-state index is 13.2. The molecule has 1 aliphatic rings. The number of nitrogens with zero attached hydrogens (tertiary/aromatic N) is 4. The number of imide groups is 1. The van der Waals surface area contributed by atoms with Crippen molar-refractivity contribution in [3.05, 3.63) is 64.1 Å². The zero-order chi connectivity index (χ0) is 22.0. The number of benzene rings is 2. The van der Waals surface area contributed by atoms with Crippen molar-refractivity contribution in [2.45, 2.75) is 29.7 Å². The first-order valence-corrected chi connectivity index (χ1v) is 11.3. The lowest BCUT2D eigenvalue weighted by Crippen LogP contribution is -2.41. The van der Waals surface area contributed by atoms with E-state index in [9.17, 15) is 9.59 Å². The molecule has 0 radical (unpaired) electrons. The smallest absolute Gasteiger partial charge is 0.260 e. The Kier molecular flexibility index (Phi) is 6.50. The Balaban J connectivity index is 1.56. The molecule has 1 aliphatic heterocycles. The number of rotatable bonds is 4. The average Bonchev–Trinajstić information content (AvgIpc) is 3.02. The highest BCUT2D eigenvalue weighted by Crippen LogP contribution is 2.32. The SMILES string of the molecule is Nn1c(SC2CCCCN(C(=O)c3ccc(Cl)cc3)C2=O)nnc1-c1ccccc1Cl.